The second kappa shape index (κ2) is 9.86. The number of alkyl halides is 3. The van der Waals surface area contributed by atoms with Gasteiger partial charge in [-0.3, -0.25) is 9.78 Å². The van der Waals surface area contributed by atoms with Crippen molar-refractivity contribution < 1.29 is 22.7 Å². The van der Waals surface area contributed by atoms with Gasteiger partial charge in [0.05, 0.1) is 29.9 Å². The Kier molecular flexibility index (Phi) is 6.72. The second-order valence-corrected chi connectivity index (χ2v) is 7.75. The highest BCUT2D eigenvalue weighted by Crippen LogP contribution is 2.27. The van der Waals surface area contributed by atoms with E-state index in [2.05, 4.69) is 25.0 Å². The third-order valence-electron chi connectivity index (χ3n) is 5.15. The maximum absolute atomic E-state index is 12.5. The van der Waals surface area contributed by atoms with Crippen LogP contribution in [0.15, 0.2) is 73.3 Å². The highest BCUT2D eigenvalue weighted by atomic mass is 19.4. The molecular weight excluding hydrogens is 445 g/mol. The second-order valence-electron chi connectivity index (χ2n) is 7.75. The lowest BCUT2D eigenvalue weighted by Crippen LogP contribution is -2.28. The highest BCUT2D eigenvalue weighted by molar-refractivity contribution is 5.93. The molecule has 0 saturated carbocycles. The lowest BCUT2D eigenvalue weighted by molar-refractivity contribution is -0.153. The average molecular weight is 466 g/mol. The molecule has 2 aromatic carbocycles. The molecule has 0 bridgehead atoms. The van der Waals surface area contributed by atoms with Crippen molar-refractivity contribution in [1.82, 2.24) is 20.3 Å². The summed E-state index contributed by atoms with van der Waals surface area (Å²) in [7, 11) is 0. The zero-order valence-corrected chi connectivity index (χ0v) is 18.2. The Labute approximate surface area is 193 Å². The molecule has 9 heteroatoms. The van der Waals surface area contributed by atoms with E-state index in [4.69, 9.17) is 0 Å². The summed E-state index contributed by atoms with van der Waals surface area (Å²) >= 11 is 0. The maximum Gasteiger partial charge on any atom is 0.422 e. The van der Waals surface area contributed by atoms with Gasteiger partial charge in [-0.05, 0) is 30.2 Å². The Morgan fingerprint density at radius 1 is 1.03 bits per heavy atom. The minimum Gasteiger partial charge on any atom is -0.483 e. The maximum atomic E-state index is 12.5. The monoisotopic (exact) mass is 466 g/mol. The van der Waals surface area contributed by atoms with Crippen LogP contribution < -0.4 is 10.1 Å². The van der Waals surface area contributed by atoms with Crippen molar-refractivity contribution in [2.45, 2.75) is 25.6 Å². The molecular formula is C25H21F3N4O2. The van der Waals surface area contributed by atoms with Crippen LogP contribution in [0.25, 0.3) is 22.0 Å². The van der Waals surface area contributed by atoms with E-state index in [0.717, 1.165) is 27.6 Å². The Bertz CT molecular complexity index is 1270. The van der Waals surface area contributed by atoms with Gasteiger partial charge in [-0.25, -0.2) is 9.97 Å². The molecule has 1 atom stereocenters. The quantitative estimate of drug-likeness (QED) is 0.412. The molecule has 4 aromatic rings. The van der Waals surface area contributed by atoms with Gasteiger partial charge in [0.25, 0.3) is 0 Å². The predicted octanol–water partition coefficient (Wildman–Crippen LogP) is 5.05. The first-order chi connectivity index (χ1) is 16.3. The number of rotatable bonds is 7. The molecule has 0 aliphatic rings. The molecule has 0 spiro atoms. The molecule has 2 aromatic heterocycles. The zero-order chi connectivity index (χ0) is 24.1. The number of aromatic nitrogens is 3. The van der Waals surface area contributed by atoms with Crippen LogP contribution in [0.3, 0.4) is 0 Å². The SMILES string of the molecule is C[C@@H](NC(=O)Cc1ccc(-c2cccc3cncnc23)cc1)c1ccc(OCC(F)(F)F)cn1. The topological polar surface area (TPSA) is 77.0 Å². The van der Waals surface area contributed by atoms with Crippen molar-refractivity contribution in [3.8, 4) is 16.9 Å². The van der Waals surface area contributed by atoms with Crippen molar-refractivity contribution in [3.05, 3.63) is 84.6 Å². The van der Waals surface area contributed by atoms with Gasteiger partial charge in [0.15, 0.2) is 6.61 Å². The molecule has 1 amide bonds. The summed E-state index contributed by atoms with van der Waals surface area (Å²) in [6.45, 7) is 0.370. The fourth-order valence-corrected chi connectivity index (χ4v) is 3.50. The molecule has 0 aliphatic heterocycles. The summed E-state index contributed by atoms with van der Waals surface area (Å²) < 4.78 is 41.4. The molecule has 0 unspecified atom stereocenters. The van der Waals surface area contributed by atoms with Crippen LogP contribution in [0.5, 0.6) is 5.75 Å². The Morgan fingerprint density at radius 2 is 1.82 bits per heavy atom. The number of carbonyl (C=O) groups is 1. The molecule has 0 fully saturated rings. The van der Waals surface area contributed by atoms with Crippen molar-refractivity contribution in [2.75, 3.05) is 6.61 Å². The van der Waals surface area contributed by atoms with Gasteiger partial charge >= 0.3 is 6.18 Å². The minimum absolute atomic E-state index is 0.0114. The summed E-state index contributed by atoms with van der Waals surface area (Å²) in [5.41, 5.74) is 4.18. The Hall–Kier alpha value is -4.01. The van der Waals surface area contributed by atoms with E-state index < -0.39 is 18.8 Å². The number of ether oxygens (including phenoxy) is 1. The molecule has 0 aliphatic carbocycles. The number of fused-ring (bicyclic) bond motifs is 1. The number of carbonyl (C=O) groups excluding carboxylic acids is 1. The number of para-hydroxylation sites is 1. The number of nitrogens with one attached hydrogen (secondary N) is 1. The molecule has 174 valence electrons. The first-order valence-electron chi connectivity index (χ1n) is 10.5. The first kappa shape index (κ1) is 23.2. The lowest BCUT2D eigenvalue weighted by atomic mass is 10.0. The first-order valence-corrected chi connectivity index (χ1v) is 10.5. The smallest absolute Gasteiger partial charge is 0.422 e. The third-order valence-corrected chi connectivity index (χ3v) is 5.15. The Balaban J connectivity index is 1.36. The van der Waals surface area contributed by atoms with Gasteiger partial charge in [-0.15, -0.1) is 0 Å². The van der Waals surface area contributed by atoms with E-state index in [1.54, 1.807) is 13.1 Å². The normalized spacial score (nSPS) is 12.4. The van der Waals surface area contributed by atoms with Crippen LogP contribution >= 0.6 is 0 Å². The van der Waals surface area contributed by atoms with Gasteiger partial charge in [0.1, 0.15) is 12.1 Å². The number of halogens is 3. The van der Waals surface area contributed by atoms with Crippen LogP contribution in [-0.2, 0) is 11.2 Å². The van der Waals surface area contributed by atoms with Gasteiger partial charge in [-0.1, -0.05) is 42.5 Å². The van der Waals surface area contributed by atoms with Crippen LogP contribution in [-0.4, -0.2) is 33.6 Å². The fraction of sp³-hybridized carbons (Fsp3) is 0.200. The van der Waals surface area contributed by atoms with E-state index >= 15 is 0 Å². The van der Waals surface area contributed by atoms with E-state index in [1.165, 1.54) is 24.7 Å². The lowest BCUT2D eigenvalue weighted by Gasteiger charge is -2.15. The predicted molar refractivity (Wildman–Crippen MR) is 121 cm³/mol. The van der Waals surface area contributed by atoms with Crippen molar-refractivity contribution in [3.63, 3.8) is 0 Å². The summed E-state index contributed by atoms with van der Waals surface area (Å²) in [6, 6.07) is 16.1. The number of amides is 1. The zero-order valence-electron chi connectivity index (χ0n) is 18.2. The molecule has 2 heterocycles. The van der Waals surface area contributed by atoms with E-state index in [-0.39, 0.29) is 18.1 Å². The van der Waals surface area contributed by atoms with Crippen LogP contribution in [0.2, 0.25) is 0 Å². The fourth-order valence-electron chi connectivity index (χ4n) is 3.50. The van der Waals surface area contributed by atoms with Crippen molar-refractivity contribution >= 4 is 16.8 Å². The molecule has 6 nitrogen and oxygen atoms in total. The van der Waals surface area contributed by atoms with Crippen LogP contribution in [0.1, 0.15) is 24.2 Å². The third kappa shape index (κ3) is 5.86. The average Bonchev–Trinajstić information content (AvgIpc) is 2.83. The van der Waals surface area contributed by atoms with Crippen molar-refractivity contribution in [1.29, 1.82) is 0 Å². The van der Waals surface area contributed by atoms with E-state index in [9.17, 15) is 18.0 Å². The highest BCUT2D eigenvalue weighted by Gasteiger charge is 2.28. The summed E-state index contributed by atoms with van der Waals surface area (Å²) in [5.74, 6) is -0.185. The molecule has 4 rings (SSSR count). The molecule has 0 saturated heterocycles. The summed E-state index contributed by atoms with van der Waals surface area (Å²) in [5, 5.41) is 3.80. The van der Waals surface area contributed by atoms with E-state index in [0.29, 0.717) is 5.69 Å². The van der Waals surface area contributed by atoms with Crippen LogP contribution in [0, 0.1) is 0 Å². The van der Waals surface area contributed by atoms with E-state index in [1.807, 2.05) is 42.5 Å². The van der Waals surface area contributed by atoms with Crippen LogP contribution in [0.4, 0.5) is 13.2 Å². The van der Waals surface area contributed by atoms with Crippen molar-refractivity contribution in [2.24, 2.45) is 0 Å². The van der Waals surface area contributed by atoms with Gasteiger partial charge in [-0.2, -0.15) is 13.2 Å². The van der Waals surface area contributed by atoms with Gasteiger partial charge in [0, 0.05) is 17.1 Å². The number of benzene rings is 2. The molecule has 1 N–H and O–H groups in total. The summed E-state index contributed by atoms with van der Waals surface area (Å²) in [4.78, 5) is 25.0. The number of hydrogen-bond donors (Lipinski definition) is 1. The minimum atomic E-state index is -4.42. The molecule has 34 heavy (non-hydrogen) atoms. The number of pyridine rings is 1. The molecule has 0 radical (unpaired) electrons. The van der Waals surface area contributed by atoms with Gasteiger partial charge in [0.2, 0.25) is 5.91 Å². The largest absolute Gasteiger partial charge is 0.483 e. The van der Waals surface area contributed by atoms with Gasteiger partial charge < -0.3 is 10.1 Å². The number of hydrogen-bond acceptors (Lipinski definition) is 5. The Morgan fingerprint density at radius 3 is 2.53 bits per heavy atom. The summed E-state index contributed by atoms with van der Waals surface area (Å²) in [6.07, 6.45) is 0.254. The standard InChI is InChI=1S/C25H21F3N4O2/c1-16(22-10-9-20(13-30-22)34-14-25(26,27)28)32-23(33)11-17-5-7-18(8-6-17)21-4-2-3-19-12-29-15-31-24(19)21/h2-10,12-13,15-16H,11,14H2,1H3,(H,32,33)/t16-/m1/s1. The number of nitrogens with zero attached hydrogens (tertiary/aromatic N) is 3.